The van der Waals surface area contributed by atoms with Gasteiger partial charge in [-0.15, -0.1) is 0 Å². The summed E-state index contributed by atoms with van der Waals surface area (Å²) in [5.41, 5.74) is 15.7. The molecule has 0 atom stereocenters. The summed E-state index contributed by atoms with van der Waals surface area (Å²) in [6.45, 7) is 4.62. The van der Waals surface area contributed by atoms with Crippen LogP contribution in [0, 0.1) is 0 Å². The van der Waals surface area contributed by atoms with E-state index in [2.05, 4.69) is 194 Å². The van der Waals surface area contributed by atoms with Gasteiger partial charge < -0.3 is 4.57 Å². The van der Waals surface area contributed by atoms with Crippen LogP contribution >= 0.6 is 0 Å². The van der Waals surface area contributed by atoms with Crippen LogP contribution in [0.15, 0.2) is 194 Å². The van der Waals surface area contributed by atoms with E-state index < -0.39 is 0 Å². The number of aromatic nitrogens is 4. The van der Waals surface area contributed by atoms with Crippen molar-refractivity contribution < 1.29 is 0 Å². The number of nitrogens with zero attached hydrogens (tertiary/aromatic N) is 4. The van der Waals surface area contributed by atoms with Crippen molar-refractivity contribution in [3.8, 4) is 73.2 Å². The molecule has 8 aromatic carbocycles. The third kappa shape index (κ3) is 5.41. The average molecular weight is 743 g/mol. The maximum atomic E-state index is 5.36. The molecule has 0 amide bonds. The van der Waals surface area contributed by atoms with Gasteiger partial charge in [0.05, 0.1) is 16.7 Å². The smallest absolute Gasteiger partial charge is 0.164 e. The highest BCUT2D eigenvalue weighted by Crippen LogP contribution is 2.51. The van der Waals surface area contributed by atoms with E-state index in [9.17, 15) is 0 Å². The summed E-state index contributed by atoms with van der Waals surface area (Å²) in [4.78, 5) is 15.8. The summed E-state index contributed by atoms with van der Waals surface area (Å²) < 4.78 is 2.41. The molecule has 274 valence electrons. The van der Waals surface area contributed by atoms with Gasteiger partial charge in [0.15, 0.2) is 17.5 Å². The number of hydrogen-bond donors (Lipinski definition) is 0. The molecule has 1 aliphatic rings. The van der Waals surface area contributed by atoms with E-state index in [1.807, 2.05) is 18.2 Å². The molecule has 58 heavy (non-hydrogen) atoms. The zero-order valence-electron chi connectivity index (χ0n) is 32.3. The van der Waals surface area contributed by atoms with Crippen molar-refractivity contribution >= 4 is 21.8 Å². The van der Waals surface area contributed by atoms with Crippen LogP contribution in [0.4, 0.5) is 0 Å². The lowest BCUT2D eigenvalue weighted by Gasteiger charge is -2.21. The van der Waals surface area contributed by atoms with E-state index >= 15 is 0 Å². The summed E-state index contributed by atoms with van der Waals surface area (Å²) in [6.07, 6.45) is 0. The molecule has 0 aliphatic heterocycles. The van der Waals surface area contributed by atoms with E-state index in [1.165, 1.54) is 44.2 Å². The maximum Gasteiger partial charge on any atom is 0.164 e. The van der Waals surface area contributed by atoms with E-state index in [0.29, 0.717) is 17.5 Å². The fraction of sp³-hybridized carbons (Fsp3) is 0.0556. The van der Waals surface area contributed by atoms with E-state index in [1.54, 1.807) is 0 Å². The van der Waals surface area contributed by atoms with Crippen molar-refractivity contribution in [3.63, 3.8) is 0 Å². The Morgan fingerprint density at radius 1 is 0.362 bits per heavy atom. The van der Waals surface area contributed by atoms with Crippen LogP contribution in [-0.4, -0.2) is 19.5 Å². The van der Waals surface area contributed by atoms with Crippen LogP contribution in [0.5, 0.6) is 0 Å². The topological polar surface area (TPSA) is 43.6 Å². The number of rotatable bonds is 6. The summed E-state index contributed by atoms with van der Waals surface area (Å²) in [6, 6.07) is 69.0. The van der Waals surface area contributed by atoms with Gasteiger partial charge in [-0.1, -0.05) is 184 Å². The summed E-state index contributed by atoms with van der Waals surface area (Å²) in [7, 11) is 0. The molecule has 0 unspecified atom stereocenters. The molecule has 11 rings (SSSR count). The first kappa shape index (κ1) is 33.9. The Bertz CT molecular complexity index is 3180. The van der Waals surface area contributed by atoms with E-state index in [0.717, 1.165) is 44.5 Å². The second-order valence-electron chi connectivity index (χ2n) is 15.6. The fourth-order valence-electron chi connectivity index (χ4n) is 9.04. The quantitative estimate of drug-likeness (QED) is 0.170. The molecule has 0 N–H and O–H groups in total. The molecule has 0 spiro atoms. The molecular formula is C54H38N4. The van der Waals surface area contributed by atoms with Gasteiger partial charge in [-0.3, -0.25) is 0 Å². The second kappa shape index (κ2) is 13.4. The van der Waals surface area contributed by atoms with E-state index in [-0.39, 0.29) is 5.41 Å². The standard InChI is InChI=1S/C54H38N4/c1-54(2)45-26-14-12-24-42(45)50-43(25-16-27-46(50)54)53-56-51(37-21-10-5-11-22-37)55-52(57-53)39-29-31-40(36-19-8-4-9-20-36)49(34-39)58-47-28-15-13-23-41(47)44-33-38(30-32-48(44)58)35-17-6-3-7-18-35/h3-34H,1-2H3. The summed E-state index contributed by atoms with van der Waals surface area (Å²) in [5.74, 6) is 1.93. The molecule has 0 saturated carbocycles. The first-order valence-electron chi connectivity index (χ1n) is 19.9. The van der Waals surface area contributed by atoms with Crippen molar-refractivity contribution in [2.45, 2.75) is 19.3 Å². The lowest BCUT2D eigenvalue weighted by atomic mass is 9.82. The fourth-order valence-corrected chi connectivity index (χ4v) is 9.04. The van der Waals surface area contributed by atoms with Gasteiger partial charge in [0.25, 0.3) is 0 Å². The Morgan fingerprint density at radius 2 is 0.931 bits per heavy atom. The molecule has 2 heterocycles. The zero-order valence-corrected chi connectivity index (χ0v) is 32.3. The van der Waals surface area contributed by atoms with Crippen molar-refractivity contribution in [2.24, 2.45) is 0 Å². The monoisotopic (exact) mass is 742 g/mol. The average Bonchev–Trinajstić information content (AvgIpc) is 3.75. The Labute approximate surface area is 337 Å². The first-order chi connectivity index (χ1) is 28.5. The molecule has 1 aliphatic carbocycles. The minimum absolute atomic E-state index is 0.146. The van der Waals surface area contributed by atoms with Gasteiger partial charge in [-0.2, -0.15) is 0 Å². The van der Waals surface area contributed by atoms with Crippen molar-refractivity contribution in [1.29, 1.82) is 0 Å². The summed E-state index contributed by atoms with van der Waals surface area (Å²) in [5, 5.41) is 2.41. The molecule has 2 aromatic heterocycles. The highest BCUT2D eigenvalue weighted by molar-refractivity contribution is 6.11. The van der Waals surface area contributed by atoms with Crippen LogP contribution in [0.2, 0.25) is 0 Å². The minimum Gasteiger partial charge on any atom is -0.309 e. The van der Waals surface area contributed by atoms with Gasteiger partial charge in [0, 0.05) is 38.4 Å². The van der Waals surface area contributed by atoms with Gasteiger partial charge >= 0.3 is 0 Å². The number of benzene rings is 8. The molecule has 0 bridgehead atoms. The zero-order chi connectivity index (χ0) is 38.8. The van der Waals surface area contributed by atoms with Crippen molar-refractivity contribution in [1.82, 2.24) is 19.5 Å². The molecule has 10 aromatic rings. The third-order valence-corrected chi connectivity index (χ3v) is 11.9. The molecule has 4 heteroatoms. The van der Waals surface area contributed by atoms with Crippen LogP contribution in [0.1, 0.15) is 25.0 Å². The predicted molar refractivity (Wildman–Crippen MR) is 239 cm³/mol. The highest BCUT2D eigenvalue weighted by atomic mass is 15.0. The van der Waals surface area contributed by atoms with Crippen LogP contribution < -0.4 is 0 Å². The first-order valence-corrected chi connectivity index (χ1v) is 19.9. The van der Waals surface area contributed by atoms with E-state index in [4.69, 9.17) is 15.0 Å². The summed E-state index contributed by atoms with van der Waals surface area (Å²) >= 11 is 0. The minimum atomic E-state index is -0.146. The number of fused-ring (bicyclic) bond motifs is 6. The van der Waals surface area contributed by atoms with Gasteiger partial charge in [-0.25, -0.2) is 15.0 Å². The SMILES string of the molecule is CC1(C)c2ccccc2-c2c(-c3nc(-c4ccccc4)nc(-c4ccc(-c5ccccc5)c(-n5c6ccccc6c6cc(-c7ccccc7)ccc65)c4)n3)cccc21. The van der Waals surface area contributed by atoms with Gasteiger partial charge in [0.2, 0.25) is 0 Å². The lowest BCUT2D eigenvalue weighted by Crippen LogP contribution is -2.14. The highest BCUT2D eigenvalue weighted by Gasteiger charge is 2.37. The maximum absolute atomic E-state index is 5.36. The number of para-hydroxylation sites is 1. The van der Waals surface area contributed by atoms with Crippen LogP contribution in [0.25, 0.3) is 95.0 Å². The lowest BCUT2D eigenvalue weighted by molar-refractivity contribution is 0.660. The molecule has 0 fully saturated rings. The van der Waals surface area contributed by atoms with Crippen LogP contribution in [-0.2, 0) is 5.41 Å². The normalized spacial score (nSPS) is 12.8. The Hall–Kier alpha value is -7.43. The van der Waals surface area contributed by atoms with Crippen molar-refractivity contribution in [2.75, 3.05) is 0 Å². The molecule has 0 radical (unpaired) electrons. The van der Waals surface area contributed by atoms with Gasteiger partial charge in [-0.05, 0) is 63.2 Å². The van der Waals surface area contributed by atoms with Crippen molar-refractivity contribution in [3.05, 3.63) is 205 Å². The molecule has 4 nitrogen and oxygen atoms in total. The Kier molecular flexibility index (Phi) is 7.80. The van der Waals surface area contributed by atoms with Crippen LogP contribution in [0.3, 0.4) is 0 Å². The third-order valence-electron chi connectivity index (χ3n) is 11.9. The molecule has 0 saturated heterocycles. The Morgan fingerprint density at radius 3 is 1.71 bits per heavy atom. The number of hydrogen-bond acceptors (Lipinski definition) is 3. The van der Waals surface area contributed by atoms with Gasteiger partial charge in [0.1, 0.15) is 0 Å². The predicted octanol–water partition coefficient (Wildman–Crippen LogP) is 13.6. The Balaban J connectivity index is 1.16. The molecular weight excluding hydrogens is 705 g/mol. The second-order valence-corrected chi connectivity index (χ2v) is 15.6. The largest absolute Gasteiger partial charge is 0.309 e.